The Hall–Kier alpha value is -3.88. The third-order valence-corrected chi connectivity index (χ3v) is 6.25. The largest absolute Gasteiger partial charge is 0.352 e. The highest BCUT2D eigenvalue weighted by atomic mass is 19.1. The lowest BCUT2D eigenvalue weighted by atomic mass is 10.1. The Labute approximate surface area is 202 Å². The summed E-state index contributed by atoms with van der Waals surface area (Å²) in [5, 5.41) is 5.53. The zero-order valence-corrected chi connectivity index (χ0v) is 19.7. The average molecular weight is 477 g/mol. The van der Waals surface area contributed by atoms with Gasteiger partial charge in [0.05, 0.1) is 22.3 Å². The van der Waals surface area contributed by atoms with E-state index < -0.39 is 5.82 Å². The highest BCUT2D eigenvalue weighted by Crippen LogP contribution is 2.30. The maximum atomic E-state index is 14.1. The fraction of sp³-hybridized carbons (Fsp3) is 0.308. The van der Waals surface area contributed by atoms with Crippen LogP contribution < -0.4 is 4.90 Å². The Morgan fingerprint density at radius 2 is 1.69 bits per heavy atom. The van der Waals surface area contributed by atoms with Crippen molar-refractivity contribution in [2.75, 3.05) is 31.1 Å². The molecule has 0 radical (unpaired) electrons. The van der Waals surface area contributed by atoms with E-state index in [9.17, 15) is 13.6 Å². The van der Waals surface area contributed by atoms with Crippen molar-refractivity contribution in [3.63, 3.8) is 0 Å². The molecule has 0 atom stereocenters. The number of fused-ring (bicyclic) bond motifs is 1. The summed E-state index contributed by atoms with van der Waals surface area (Å²) < 4.78 is 29.4. The zero-order chi connectivity index (χ0) is 24.5. The van der Waals surface area contributed by atoms with Gasteiger partial charge in [-0.25, -0.2) is 23.4 Å². The number of hydrogen-bond acceptors (Lipinski definition) is 5. The Balaban J connectivity index is 1.48. The second kappa shape index (κ2) is 9.40. The number of carbonyl (C=O) groups excluding carboxylic acids is 1. The molecule has 1 aliphatic rings. The van der Waals surface area contributed by atoms with Crippen molar-refractivity contribution in [2.24, 2.45) is 0 Å². The minimum atomic E-state index is -0.509. The monoisotopic (exact) mass is 476 g/mol. The third kappa shape index (κ3) is 4.34. The summed E-state index contributed by atoms with van der Waals surface area (Å²) >= 11 is 0. The molecule has 2 aromatic carbocycles. The van der Waals surface area contributed by atoms with E-state index >= 15 is 0 Å². The SMILES string of the molecule is CCCc1nc(N2CCN(C(=O)c3ccccc3F)CC2)c2c(C)nn(-c3ccc(F)cc3)c2n1. The van der Waals surface area contributed by atoms with Crippen LogP contribution in [-0.4, -0.2) is 56.7 Å². The number of anilines is 1. The average Bonchev–Trinajstić information content (AvgIpc) is 3.20. The quantitative estimate of drug-likeness (QED) is 0.429. The van der Waals surface area contributed by atoms with E-state index in [-0.39, 0.29) is 17.3 Å². The third-order valence-electron chi connectivity index (χ3n) is 6.25. The van der Waals surface area contributed by atoms with Crippen LogP contribution in [0.25, 0.3) is 16.7 Å². The summed E-state index contributed by atoms with van der Waals surface area (Å²) in [6.45, 7) is 5.99. The van der Waals surface area contributed by atoms with E-state index in [1.807, 2.05) is 6.92 Å². The number of aromatic nitrogens is 4. The molecule has 4 aromatic rings. The molecular weight excluding hydrogens is 450 g/mol. The molecule has 0 saturated carbocycles. The molecule has 1 amide bonds. The van der Waals surface area contributed by atoms with Crippen LogP contribution in [0.4, 0.5) is 14.6 Å². The van der Waals surface area contributed by atoms with Gasteiger partial charge in [-0.2, -0.15) is 5.10 Å². The summed E-state index contributed by atoms with van der Waals surface area (Å²) in [6, 6.07) is 12.2. The first-order valence-corrected chi connectivity index (χ1v) is 11.8. The summed E-state index contributed by atoms with van der Waals surface area (Å²) in [4.78, 5) is 26.3. The van der Waals surface area contributed by atoms with Crippen molar-refractivity contribution in [1.29, 1.82) is 0 Å². The lowest BCUT2D eigenvalue weighted by Gasteiger charge is -2.35. The standard InChI is InChI=1S/C26H26F2N6O/c1-3-6-22-29-24(23-17(2)31-34(25(23)30-22)19-11-9-18(27)10-12-19)32-13-15-33(16-14-32)26(35)20-7-4-5-8-21(20)28/h4-5,7-12H,3,6,13-16H2,1-2H3. The number of piperazine rings is 1. The van der Waals surface area contributed by atoms with Gasteiger partial charge in [-0.15, -0.1) is 0 Å². The van der Waals surface area contributed by atoms with E-state index in [0.29, 0.717) is 44.1 Å². The molecule has 2 aromatic heterocycles. The maximum absolute atomic E-state index is 14.1. The highest BCUT2D eigenvalue weighted by molar-refractivity contribution is 5.95. The van der Waals surface area contributed by atoms with Gasteiger partial charge in [-0.3, -0.25) is 4.79 Å². The van der Waals surface area contributed by atoms with E-state index in [0.717, 1.165) is 29.0 Å². The van der Waals surface area contributed by atoms with Crippen molar-refractivity contribution < 1.29 is 13.6 Å². The van der Waals surface area contributed by atoms with Gasteiger partial charge in [0.2, 0.25) is 0 Å². The predicted molar refractivity (Wildman–Crippen MR) is 130 cm³/mol. The first-order chi connectivity index (χ1) is 17.0. The summed E-state index contributed by atoms with van der Waals surface area (Å²) in [5.41, 5.74) is 2.25. The van der Waals surface area contributed by atoms with Crippen molar-refractivity contribution in [2.45, 2.75) is 26.7 Å². The van der Waals surface area contributed by atoms with E-state index in [4.69, 9.17) is 15.1 Å². The summed E-state index contributed by atoms with van der Waals surface area (Å²) in [5.74, 6) is 0.366. The molecule has 1 fully saturated rings. The Morgan fingerprint density at radius 1 is 0.971 bits per heavy atom. The van der Waals surface area contributed by atoms with Gasteiger partial charge >= 0.3 is 0 Å². The van der Waals surface area contributed by atoms with Gasteiger partial charge in [0.1, 0.15) is 23.3 Å². The smallest absolute Gasteiger partial charge is 0.256 e. The van der Waals surface area contributed by atoms with Crippen molar-refractivity contribution >= 4 is 22.8 Å². The van der Waals surface area contributed by atoms with Gasteiger partial charge < -0.3 is 9.80 Å². The number of amides is 1. The molecule has 35 heavy (non-hydrogen) atoms. The van der Waals surface area contributed by atoms with Gasteiger partial charge in [0.15, 0.2) is 5.65 Å². The van der Waals surface area contributed by atoms with Crippen LogP contribution in [0.1, 0.15) is 35.2 Å². The molecule has 1 saturated heterocycles. The fourth-order valence-electron chi connectivity index (χ4n) is 4.46. The van der Waals surface area contributed by atoms with E-state index in [1.54, 1.807) is 33.8 Å². The lowest BCUT2D eigenvalue weighted by Crippen LogP contribution is -2.49. The molecular formula is C26H26F2N6O. The Kier molecular flexibility index (Phi) is 6.15. The Morgan fingerprint density at radius 3 is 2.37 bits per heavy atom. The van der Waals surface area contributed by atoms with Gasteiger partial charge in [-0.1, -0.05) is 19.1 Å². The van der Waals surface area contributed by atoms with Crippen LogP contribution in [-0.2, 0) is 6.42 Å². The number of carbonyl (C=O) groups is 1. The predicted octanol–water partition coefficient (Wildman–Crippen LogP) is 4.32. The van der Waals surface area contributed by atoms with Crippen molar-refractivity contribution in [1.82, 2.24) is 24.6 Å². The molecule has 0 N–H and O–H groups in total. The van der Waals surface area contributed by atoms with Crippen LogP contribution in [0.5, 0.6) is 0 Å². The number of benzene rings is 2. The minimum Gasteiger partial charge on any atom is -0.352 e. The van der Waals surface area contributed by atoms with Crippen LogP contribution in [0.15, 0.2) is 48.5 Å². The number of hydrogen-bond donors (Lipinski definition) is 0. The fourth-order valence-corrected chi connectivity index (χ4v) is 4.46. The minimum absolute atomic E-state index is 0.0898. The first-order valence-electron chi connectivity index (χ1n) is 11.8. The molecule has 0 aliphatic carbocycles. The van der Waals surface area contributed by atoms with Crippen molar-refractivity contribution in [3.05, 3.63) is 77.2 Å². The van der Waals surface area contributed by atoms with Crippen LogP contribution in [0.2, 0.25) is 0 Å². The maximum Gasteiger partial charge on any atom is 0.256 e. The number of aryl methyl sites for hydroxylation is 2. The highest BCUT2D eigenvalue weighted by Gasteiger charge is 2.27. The van der Waals surface area contributed by atoms with E-state index in [2.05, 4.69) is 11.8 Å². The topological polar surface area (TPSA) is 67.2 Å². The van der Waals surface area contributed by atoms with Gasteiger partial charge in [-0.05, 0) is 49.7 Å². The lowest BCUT2D eigenvalue weighted by molar-refractivity contribution is 0.0742. The summed E-state index contributed by atoms with van der Waals surface area (Å²) in [6.07, 6.45) is 1.60. The molecule has 180 valence electrons. The van der Waals surface area contributed by atoms with Gasteiger partial charge in [0.25, 0.3) is 5.91 Å². The molecule has 0 spiro atoms. The molecule has 0 bridgehead atoms. The molecule has 0 unspecified atom stereocenters. The molecule has 5 rings (SSSR count). The second-order valence-electron chi connectivity index (χ2n) is 8.64. The second-order valence-corrected chi connectivity index (χ2v) is 8.64. The summed E-state index contributed by atoms with van der Waals surface area (Å²) in [7, 11) is 0. The van der Waals surface area contributed by atoms with Gasteiger partial charge in [0, 0.05) is 32.6 Å². The van der Waals surface area contributed by atoms with E-state index in [1.165, 1.54) is 24.3 Å². The zero-order valence-electron chi connectivity index (χ0n) is 19.7. The Bertz CT molecular complexity index is 1380. The normalized spacial score (nSPS) is 14.1. The molecule has 7 nitrogen and oxygen atoms in total. The van der Waals surface area contributed by atoms with Crippen LogP contribution in [0.3, 0.4) is 0 Å². The first kappa shape index (κ1) is 22.9. The van der Waals surface area contributed by atoms with Crippen molar-refractivity contribution in [3.8, 4) is 5.69 Å². The number of nitrogens with zero attached hydrogens (tertiary/aromatic N) is 6. The molecule has 3 heterocycles. The molecule has 1 aliphatic heterocycles. The number of halogens is 2. The number of rotatable bonds is 5. The van der Waals surface area contributed by atoms with Crippen LogP contribution >= 0.6 is 0 Å². The van der Waals surface area contributed by atoms with Crippen LogP contribution in [0, 0.1) is 18.6 Å². The molecule has 9 heteroatoms.